The number of fused-ring (bicyclic) bond motifs is 1. The lowest BCUT2D eigenvalue weighted by atomic mass is 10.2. The summed E-state index contributed by atoms with van der Waals surface area (Å²) in [5.74, 6) is -0.351. The first kappa shape index (κ1) is 26.1. The predicted molar refractivity (Wildman–Crippen MR) is 138 cm³/mol. The first-order chi connectivity index (χ1) is 18.1. The van der Waals surface area contributed by atoms with Gasteiger partial charge in [-0.05, 0) is 48.0 Å². The highest BCUT2D eigenvalue weighted by Crippen LogP contribution is 2.32. The van der Waals surface area contributed by atoms with E-state index in [0.717, 1.165) is 23.4 Å². The molecule has 5 nitrogen and oxygen atoms in total. The second-order valence-corrected chi connectivity index (χ2v) is 11.4. The van der Waals surface area contributed by atoms with Gasteiger partial charge in [0.1, 0.15) is 5.82 Å². The molecule has 0 saturated carbocycles. The average Bonchev–Trinajstić information content (AvgIpc) is 3.48. The number of thiazole rings is 1. The SMILES string of the molecule is O=S(=O)(c1cccc(C(F)(F)F)c1)N(CCc1csc2nc(-c3ccc(F)cc3)cn12)Cc1ccccc1. The zero-order valence-corrected chi connectivity index (χ0v) is 21.4. The van der Waals surface area contributed by atoms with Gasteiger partial charge in [0, 0.05) is 42.3 Å². The Morgan fingerprint density at radius 3 is 2.39 bits per heavy atom. The molecule has 0 atom stereocenters. The Hall–Kier alpha value is -3.54. The van der Waals surface area contributed by atoms with Crippen LogP contribution in [0, 0.1) is 5.82 Å². The van der Waals surface area contributed by atoms with E-state index in [1.807, 2.05) is 9.78 Å². The zero-order valence-electron chi connectivity index (χ0n) is 19.8. The smallest absolute Gasteiger partial charge is 0.294 e. The van der Waals surface area contributed by atoms with E-state index in [2.05, 4.69) is 4.98 Å². The number of hydrogen-bond donors (Lipinski definition) is 0. The van der Waals surface area contributed by atoms with Crippen molar-refractivity contribution in [3.63, 3.8) is 0 Å². The fraction of sp³-hybridized carbons (Fsp3) is 0.148. The Balaban J connectivity index is 1.45. The van der Waals surface area contributed by atoms with Crippen LogP contribution in [0.5, 0.6) is 0 Å². The largest absolute Gasteiger partial charge is 0.416 e. The van der Waals surface area contributed by atoms with Gasteiger partial charge in [-0.15, -0.1) is 11.3 Å². The second-order valence-electron chi connectivity index (χ2n) is 8.61. The quantitative estimate of drug-likeness (QED) is 0.200. The summed E-state index contributed by atoms with van der Waals surface area (Å²) < 4.78 is 83.4. The summed E-state index contributed by atoms with van der Waals surface area (Å²) in [7, 11) is -4.25. The maximum atomic E-state index is 13.6. The molecule has 0 N–H and O–H groups in total. The monoisotopic (exact) mass is 559 g/mol. The molecule has 0 amide bonds. The molecule has 0 spiro atoms. The van der Waals surface area contributed by atoms with E-state index < -0.39 is 26.7 Å². The van der Waals surface area contributed by atoms with Crippen molar-refractivity contribution in [3.05, 3.63) is 113 Å². The van der Waals surface area contributed by atoms with Crippen LogP contribution in [-0.4, -0.2) is 28.7 Å². The second kappa shape index (κ2) is 10.3. The van der Waals surface area contributed by atoms with Gasteiger partial charge < -0.3 is 0 Å². The van der Waals surface area contributed by atoms with Crippen molar-refractivity contribution < 1.29 is 26.0 Å². The van der Waals surface area contributed by atoms with Crippen molar-refractivity contribution in [2.24, 2.45) is 0 Å². The maximum Gasteiger partial charge on any atom is 0.416 e. The highest BCUT2D eigenvalue weighted by Gasteiger charge is 2.33. The molecule has 0 radical (unpaired) electrons. The molecule has 5 aromatic rings. The molecule has 0 saturated heterocycles. The summed E-state index contributed by atoms with van der Waals surface area (Å²) in [5, 5.41) is 1.87. The van der Waals surface area contributed by atoms with Crippen LogP contribution < -0.4 is 0 Å². The molecular formula is C27H21F4N3O2S2. The zero-order chi connectivity index (χ0) is 26.9. The summed E-state index contributed by atoms with van der Waals surface area (Å²) in [4.78, 5) is 4.85. The minimum Gasteiger partial charge on any atom is -0.294 e. The average molecular weight is 560 g/mol. The molecule has 0 bridgehead atoms. The molecule has 2 aromatic heterocycles. The first-order valence-electron chi connectivity index (χ1n) is 11.5. The lowest BCUT2D eigenvalue weighted by Gasteiger charge is -2.23. The number of imidazole rings is 1. The molecule has 0 fully saturated rings. The molecule has 5 rings (SSSR count). The van der Waals surface area contributed by atoms with Crippen molar-refractivity contribution in [2.75, 3.05) is 6.54 Å². The molecule has 11 heteroatoms. The Morgan fingerprint density at radius 1 is 0.947 bits per heavy atom. The third-order valence-corrected chi connectivity index (χ3v) is 8.77. The van der Waals surface area contributed by atoms with Crippen molar-refractivity contribution in [3.8, 4) is 11.3 Å². The van der Waals surface area contributed by atoms with Crippen molar-refractivity contribution >= 4 is 26.3 Å². The van der Waals surface area contributed by atoms with Gasteiger partial charge in [0.2, 0.25) is 10.0 Å². The predicted octanol–water partition coefficient (Wildman–Crippen LogP) is 6.65. The van der Waals surface area contributed by atoms with E-state index in [0.29, 0.717) is 28.7 Å². The number of benzene rings is 3. The standard InChI is InChI=1S/C27H21F4N3O2S2/c28-22-11-9-20(10-12-22)25-17-34-23(18-37-26(34)32-25)13-14-33(16-19-5-2-1-3-6-19)38(35,36)24-8-4-7-21(15-24)27(29,30)31/h1-12,15,17-18H,13-14,16H2. The summed E-state index contributed by atoms with van der Waals surface area (Å²) in [6.07, 6.45) is -2.57. The van der Waals surface area contributed by atoms with Crippen LogP contribution in [0.2, 0.25) is 0 Å². The molecule has 3 aromatic carbocycles. The van der Waals surface area contributed by atoms with Crippen molar-refractivity contribution in [1.29, 1.82) is 0 Å². The molecule has 196 valence electrons. The Labute approximate surface area is 220 Å². The Kier molecular flexibility index (Phi) is 7.08. The van der Waals surface area contributed by atoms with Crippen LogP contribution in [-0.2, 0) is 29.2 Å². The van der Waals surface area contributed by atoms with Gasteiger partial charge in [-0.3, -0.25) is 4.40 Å². The molecule has 0 aliphatic rings. The topological polar surface area (TPSA) is 54.7 Å². The van der Waals surface area contributed by atoms with Crippen LogP contribution in [0.1, 0.15) is 16.8 Å². The van der Waals surface area contributed by atoms with Crippen LogP contribution in [0.3, 0.4) is 0 Å². The third kappa shape index (κ3) is 5.50. The highest BCUT2D eigenvalue weighted by atomic mass is 32.2. The number of aromatic nitrogens is 2. The van der Waals surface area contributed by atoms with Crippen LogP contribution in [0.4, 0.5) is 17.6 Å². The number of hydrogen-bond acceptors (Lipinski definition) is 4. The van der Waals surface area contributed by atoms with Gasteiger partial charge in [-0.1, -0.05) is 36.4 Å². The van der Waals surface area contributed by atoms with Crippen LogP contribution in [0.25, 0.3) is 16.2 Å². The van der Waals surface area contributed by atoms with Gasteiger partial charge in [-0.25, -0.2) is 17.8 Å². The molecular weight excluding hydrogens is 538 g/mol. The van der Waals surface area contributed by atoms with Gasteiger partial charge in [0.15, 0.2) is 4.96 Å². The lowest BCUT2D eigenvalue weighted by molar-refractivity contribution is -0.137. The van der Waals surface area contributed by atoms with Crippen LogP contribution in [0.15, 0.2) is 95.3 Å². The fourth-order valence-electron chi connectivity index (χ4n) is 4.06. The normalized spacial score (nSPS) is 12.4. The highest BCUT2D eigenvalue weighted by molar-refractivity contribution is 7.89. The summed E-state index contributed by atoms with van der Waals surface area (Å²) in [6.45, 7) is 0.0286. The van der Waals surface area contributed by atoms with E-state index in [9.17, 15) is 26.0 Å². The summed E-state index contributed by atoms with van der Waals surface area (Å²) in [5.41, 5.74) is 1.87. The number of rotatable bonds is 8. The van der Waals surface area contributed by atoms with Crippen LogP contribution >= 0.6 is 11.3 Å². The molecule has 0 aliphatic heterocycles. The van der Waals surface area contributed by atoms with Crippen molar-refractivity contribution in [1.82, 2.24) is 13.7 Å². The van der Waals surface area contributed by atoms with E-state index in [4.69, 9.17) is 0 Å². The number of nitrogens with zero attached hydrogens (tertiary/aromatic N) is 3. The lowest BCUT2D eigenvalue weighted by Crippen LogP contribution is -2.33. The van der Waals surface area contributed by atoms with E-state index in [1.54, 1.807) is 48.7 Å². The molecule has 38 heavy (non-hydrogen) atoms. The number of sulfonamides is 1. The minimum atomic E-state index is -4.66. The molecule has 0 aliphatic carbocycles. The van der Waals surface area contributed by atoms with Gasteiger partial charge in [-0.2, -0.15) is 17.5 Å². The van der Waals surface area contributed by atoms with Gasteiger partial charge in [0.05, 0.1) is 16.2 Å². The number of halogens is 4. The van der Waals surface area contributed by atoms with E-state index >= 15 is 0 Å². The summed E-state index contributed by atoms with van der Waals surface area (Å²) in [6, 6.07) is 18.6. The summed E-state index contributed by atoms with van der Waals surface area (Å²) >= 11 is 1.38. The maximum absolute atomic E-state index is 13.6. The first-order valence-corrected chi connectivity index (χ1v) is 13.9. The Morgan fingerprint density at radius 2 is 1.68 bits per heavy atom. The van der Waals surface area contributed by atoms with Gasteiger partial charge in [0.25, 0.3) is 0 Å². The minimum absolute atomic E-state index is 0.00252. The Bertz CT molecular complexity index is 1660. The molecule has 0 unspecified atom stereocenters. The number of alkyl halides is 3. The third-order valence-electron chi connectivity index (χ3n) is 6.04. The van der Waals surface area contributed by atoms with Crippen molar-refractivity contribution in [2.45, 2.75) is 24.0 Å². The van der Waals surface area contributed by atoms with E-state index in [1.165, 1.54) is 33.8 Å². The fourth-order valence-corrected chi connectivity index (χ4v) is 6.44. The van der Waals surface area contributed by atoms with E-state index in [-0.39, 0.29) is 18.9 Å². The molecule has 2 heterocycles. The van der Waals surface area contributed by atoms with Gasteiger partial charge >= 0.3 is 6.18 Å².